The Labute approximate surface area is 101 Å². The van der Waals surface area contributed by atoms with Crippen molar-refractivity contribution in [2.75, 3.05) is 13.7 Å². The Bertz CT molecular complexity index is 327. The first-order chi connectivity index (χ1) is 7.17. The van der Waals surface area contributed by atoms with Crippen LogP contribution >= 0.6 is 12.4 Å². The van der Waals surface area contributed by atoms with E-state index < -0.39 is 5.97 Å². The van der Waals surface area contributed by atoms with E-state index in [4.69, 9.17) is 15.6 Å². The van der Waals surface area contributed by atoms with Crippen molar-refractivity contribution in [2.24, 2.45) is 5.73 Å². The van der Waals surface area contributed by atoms with Crippen LogP contribution in [0, 0.1) is 0 Å². The molecule has 4 nitrogen and oxygen atoms in total. The summed E-state index contributed by atoms with van der Waals surface area (Å²) in [6, 6.07) is 7.30. The zero-order valence-electron chi connectivity index (χ0n) is 9.05. The smallest absolute Gasteiger partial charge is 0.304 e. The van der Waals surface area contributed by atoms with Gasteiger partial charge in [-0.25, -0.2) is 0 Å². The number of carboxylic acid groups (broad SMARTS) is 1. The molecule has 0 saturated heterocycles. The third-order valence-electron chi connectivity index (χ3n) is 2.29. The molecule has 90 valence electrons. The number of methoxy groups -OCH3 is 1. The van der Waals surface area contributed by atoms with Gasteiger partial charge in [0.1, 0.15) is 5.75 Å². The number of carboxylic acids is 1. The minimum Gasteiger partial charge on any atom is -0.497 e. The van der Waals surface area contributed by atoms with Gasteiger partial charge in [0.25, 0.3) is 0 Å². The van der Waals surface area contributed by atoms with Gasteiger partial charge in [-0.3, -0.25) is 4.79 Å². The number of hydrogen-bond acceptors (Lipinski definition) is 3. The maximum absolute atomic E-state index is 10.6. The van der Waals surface area contributed by atoms with E-state index in [1.165, 1.54) is 0 Å². The predicted octanol–water partition coefficient (Wildman–Crippen LogP) is 1.63. The molecule has 0 aliphatic heterocycles. The number of nitrogens with two attached hydrogens (primary N) is 1. The van der Waals surface area contributed by atoms with Crippen molar-refractivity contribution in [1.29, 1.82) is 0 Å². The summed E-state index contributed by atoms with van der Waals surface area (Å²) in [5.74, 6) is -0.209. The van der Waals surface area contributed by atoms with Gasteiger partial charge in [-0.05, 0) is 24.2 Å². The third-order valence-corrected chi connectivity index (χ3v) is 2.29. The van der Waals surface area contributed by atoms with E-state index in [0.717, 1.165) is 11.3 Å². The summed E-state index contributed by atoms with van der Waals surface area (Å²) in [7, 11) is 1.59. The van der Waals surface area contributed by atoms with Gasteiger partial charge in [-0.1, -0.05) is 12.1 Å². The second-order valence-corrected chi connectivity index (χ2v) is 3.30. The van der Waals surface area contributed by atoms with Crippen molar-refractivity contribution in [2.45, 2.75) is 12.3 Å². The summed E-state index contributed by atoms with van der Waals surface area (Å²) in [4.78, 5) is 10.6. The molecule has 1 aromatic carbocycles. The standard InChI is InChI=1S/C11H15NO3.ClH/c1-15-10-4-2-8(3-5-10)9(7-12)6-11(13)14;/h2-5,9H,6-7,12H2,1H3,(H,13,14);1H. The number of carbonyl (C=O) groups is 1. The highest BCUT2D eigenvalue weighted by Crippen LogP contribution is 2.21. The predicted molar refractivity (Wildman–Crippen MR) is 64.3 cm³/mol. The fraction of sp³-hybridized carbons (Fsp3) is 0.364. The average Bonchev–Trinajstić information content (AvgIpc) is 2.26. The highest BCUT2D eigenvalue weighted by atomic mass is 35.5. The highest BCUT2D eigenvalue weighted by molar-refractivity contribution is 5.85. The molecule has 1 unspecified atom stereocenters. The molecule has 1 rings (SSSR count). The molecule has 0 aromatic heterocycles. The quantitative estimate of drug-likeness (QED) is 0.827. The van der Waals surface area contributed by atoms with Crippen LogP contribution < -0.4 is 10.5 Å². The van der Waals surface area contributed by atoms with E-state index in [1.54, 1.807) is 19.2 Å². The average molecular weight is 246 g/mol. The molecule has 5 heteroatoms. The first-order valence-corrected chi connectivity index (χ1v) is 4.73. The van der Waals surface area contributed by atoms with Crippen molar-refractivity contribution in [3.8, 4) is 5.75 Å². The largest absolute Gasteiger partial charge is 0.497 e. The molecule has 1 atom stereocenters. The molecule has 0 spiro atoms. The van der Waals surface area contributed by atoms with Gasteiger partial charge in [0.15, 0.2) is 0 Å². The van der Waals surface area contributed by atoms with Crippen LogP contribution in [0.1, 0.15) is 17.9 Å². The van der Waals surface area contributed by atoms with Gasteiger partial charge in [-0.15, -0.1) is 12.4 Å². The Balaban J connectivity index is 0.00000225. The minimum atomic E-state index is -0.832. The maximum Gasteiger partial charge on any atom is 0.304 e. The Kier molecular flexibility index (Phi) is 6.53. The van der Waals surface area contributed by atoms with Gasteiger partial charge in [-0.2, -0.15) is 0 Å². The molecule has 16 heavy (non-hydrogen) atoms. The van der Waals surface area contributed by atoms with Crippen LogP contribution in [0.15, 0.2) is 24.3 Å². The third kappa shape index (κ3) is 4.08. The normalized spacial score (nSPS) is 11.4. The van der Waals surface area contributed by atoms with Gasteiger partial charge in [0.2, 0.25) is 0 Å². The molecule has 0 fully saturated rings. The SMILES string of the molecule is COc1ccc(C(CN)CC(=O)O)cc1.Cl. The van der Waals surface area contributed by atoms with Crippen LogP contribution in [-0.2, 0) is 4.79 Å². The summed E-state index contributed by atoms with van der Waals surface area (Å²) in [6.45, 7) is 0.332. The van der Waals surface area contributed by atoms with Crippen LogP contribution in [0.5, 0.6) is 5.75 Å². The second-order valence-electron chi connectivity index (χ2n) is 3.30. The van der Waals surface area contributed by atoms with E-state index in [9.17, 15) is 4.79 Å². The lowest BCUT2D eigenvalue weighted by molar-refractivity contribution is -0.137. The van der Waals surface area contributed by atoms with E-state index in [0.29, 0.717) is 6.54 Å². The fourth-order valence-electron chi connectivity index (χ4n) is 1.42. The van der Waals surface area contributed by atoms with Gasteiger partial charge in [0, 0.05) is 5.92 Å². The number of benzene rings is 1. The van der Waals surface area contributed by atoms with E-state index in [-0.39, 0.29) is 24.7 Å². The number of aliphatic carboxylic acids is 1. The summed E-state index contributed by atoms with van der Waals surface area (Å²) in [5.41, 5.74) is 6.46. The van der Waals surface area contributed by atoms with Crippen LogP contribution in [-0.4, -0.2) is 24.7 Å². The molecule has 0 bridgehead atoms. The van der Waals surface area contributed by atoms with Crippen molar-refractivity contribution >= 4 is 18.4 Å². The summed E-state index contributed by atoms with van der Waals surface area (Å²) in [5, 5.41) is 8.70. The first-order valence-electron chi connectivity index (χ1n) is 4.73. The minimum absolute atomic E-state index is 0. The topological polar surface area (TPSA) is 72.5 Å². The number of rotatable bonds is 5. The lowest BCUT2D eigenvalue weighted by Gasteiger charge is -2.12. The van der Waals surface area contributed by atoms with Crippen LogP contribution in [0.4, 0.5) is 0 Å². The van der Waals surface area contributed by atoms with Crippen molar-refractivity contribution in [3.05, 3.63) is 29.8 Å². The molecule has 0 aliphatic carbocycles. The molecule has 0 heterocycles. The fourth-order valence-corrected chi connectivity index (χ4v) is 1.42. The molecule has 0 aliphatic rings. The number of halogens is 1. The van der Waals surface area contributed by atoms with Gasteiger partial charge < -0.3 is 15.6 Å². The van der Waals surface area contributed by atoms with Crippen LogP contribution in [0.3, 0.4) is 0 Å². The van der Waals surface area contributed by atoms with E-state index >= 15 is 0 Å². The lowest BCUT2D eigenvalue weighted by Crippen LogP contribution is -2.16. The molecular weight excluding hydrogens is 230 g/mol. The lowest BCUT2D eigenvalue weighted by atomic mass is 9.96. The first kappa shape index (κ1) is 14.7. The van der Waals surface area contributed by atoms with Crippen molar-refractivity contribution in [3.63, 3.8) is 0 Å². The molecule has 1 aromatic rings. The van der Waals surface area contributed by atoms with Crippen molar-refractivity contribution in [1.82, 2.24) is 0 Å². The summed E-state index contributed by atoms with van der Waals surface area (Å²) in [6.07, 6.45) is 0.0584. The monoisotopic (exact) mass is 245 g/mol. The molecular formula is C11H16ClNO3. The Hall–Kier alpha value is -1.26. The Morgan fingerprint density at radius 3 is 2.38 bits per heavy atom. The second kappa shape index (κ2) is 7.09. The molecule has 0 amide bonds. The number of hydrogen-bond donors (Lipinski definition) is 2. The zero-order valence-corrected chi connectivity index (χ0v) is 9.87. The van der Waals surface area contributed by atoms with E-state index in [2.05, 4.69) is 0 Å². The van der Waals surface area contributed by atoms with Crippen LogP contribution in [0.2, 0.25) is 0 Å². The maximum atomic E-state index is 10.6. The summed E-state index contributed by atoms with van der Waals surface area (Å²) >= 11 is 0. The summed E-state index contributed by atoms with van der Waals surface area (Å²) < 4.78 is 5.02. The van der Waals surface area contributed by atoms with Crippen molar-refractivity contribution < 1.29 is 14.6 Å². The van der Waals surface area contributed by atoms with E-state index in [1.807, 2.05) is 12.1 Å². The zero-order chi connectivity index (χ0) is 11.3. The molecule has 0 radical (unpaired) electrons. The Morgan fingerprint density at radius 1 is 1.44 bits per heavy atom. The highest BCUT2D eigenvalue weighted by Gasteiger charge is 2.13. The Morgan fingerprint density at radius 2 is 2.00 bits per heavy atom. The molecule has 3 N–H and O–H groups in total. The van der Waals surface area contributed by atoms with Crippen LogP contribution in [0.25, 0.3) is 0 Å². The molecule has 0 saturated carbocycles. The van der Waals surface area contributed by atoms with Gasteiger partial charge in [0.05, 0.1) is 13.5 Å². The van der Waals surface area contributed by atoms with Gasteiger partial charge >= 0.3 is 5.97 Å². The number of ether oxygens (including phenoxy) is 1.